The number of rotatable bonds is 1. The number of nitrogens with one attached hydrogen (secondary N) is 1. The Morgan fingerprint density at radius 2 is 1.76 bits per heavy atom. The molecule has 2 aromatic rings. The predicted octanol–water partition coefficient (Wildman–Crippen LogP) is 4.84. The van der Waals surface area contributed by atoms with Gasteiger partial charge >= 0.3 is 0 Å². The maximum Gasteiger partial charge on any atom is 0.141 e. The summed E-state index contributed by atoms with van der Waals surface area (Å²) in [5.41, 5.74) is 6.17. The van der Waals surface area contributed by atoms with Gasteiger partial charge in [-0.1, -0.05) is 24.3 Å². The van der Waals surface area contributed by atoms with Crippen LogP contribution in [-0.2, 0) is 0 Å². The van der Waals surface area contributed by atoms with Crippen molar-refractivity contribution in [3.8, 4) is 11.4 Å². The van der Waals surface area contributed by atoms with Crippen LogP contribution in [0.4, 0.5) is 5.69 Å². The summed E-state index contributed by atoms with van der Waals surface area (Å²) >= 11 is 0. The predicted molar refractivity (Wildman–Crippen MR) is 85.2 cm³/mol. The number of benzene rings is 2. The van der Waals surface area contributed by atoms with Gasteiger partial charge in [0.1, 0.15) is 5.69 Å². The van der Waals surface area contributed by atoms with E-state index in [1.807, 2.05) is 24.3 Å². The quantitative estimate of drug-likeness (QED) is 0.505. The molecule has 1 N–H and O–H groups in total. The molecule has 0 saturated heterocycles. The van der Waals surface area contributed by atoms with Crippen molar-refractivity contribution in [3.05, 3.63) is 52.4 Å². The fraction of sp³-hybridized carbons (Fsp3) is 0.118. The Labute approximate surface area is 121 Å². The average molecular weight is 275 g/mol. The Morgan fingerprint density at radius 3 is 2.52 bits per heavy atom. The van der Waals surface area contributed by atoms with Gasteiger partial charge in [-0.05, 0) is 42.3 Å². The van der Waals surface area contributed by atoms with E-state index >= 15 is 0 Å². The smallest absolute Gasteiger partial charge is 0.141 e. The Hall–Kier alpha value is -2.75. The van der Waals surface area contributed by atoms with Crippen LogP contribution in [-0.4, -0.2) is 9.97 Å². The number of nitroso groups, excluding NO2 is 1. The zero-order valence-corrected chi connectivity index (χ0v) is 11.8. The van der Waals surface area contributed by atoms with Crippen molar-refractivity contribution in [2.24, 2.45) is 5.18 Å². The molecular formula is C17H13N3O. The molecule has 2 aliphatic rings. The van der Waals surface area contributed by atoms with Gasteiger partial charge < -0.3 is 4.98 Å². The van der Waals surface area contributed by atoms with Crippen LogP contribution < -0.4 is 0 Å². The summed E-state index contributed by atoms with van der Waals surface area (Å²) in [6.45, 7) is 4.13. The minimum atomic E-state index is 0.438. The molecule has 1 aliphatic heterocycles. The highest BCUT2D eigenvalue weighted by Gasteiger charge is 2.21. The van der Waals surface area contributed by atoms with Crippen molar-refractivity contribution in [1.29, 1.82) is 0 Å². The van der Waals surface area contributed by atoms with Crippen LogP contribution in [0.5, 0.6) is 0 Å². The van der Waals surface area contributed by atoms with Gasteiger partial charge in [-0.3, -0.25) is 0 Å². The van der Waals surface area contributed by atoms with Crippen molar-refractivity contribution in [3.63, 3.8) is 0 Å². The minimum Gasteiger partial charge on any atom is -0.350 e. The van der Waals surface area contributed by atoms with Crippen LogP contribution in [0.25, 0.3) is 33.2 Å². The molecule has 0 unspecified atom stereocenters. The normalized spacial score (nSPS) is 11.5. The van der Waals surface area contributed by atoms with Crippen molar-refractivity contribution < 1.29 is 0 Å². The molecule has 0 saturated carbocycles. The van der Waals surface area contributed by atoms with E-state index in [0.29, 0.717) is 11.4 Å². The van der Waals surface area contributed by atoms with Crippen LogP contribution in [0.1, 0.15) is 11.1 Å². The fourth-order valence-corrected chi connectivity index (χ4v) is 2.86. The summed E-state index contributed by atoms with van der Waals surface area (Å²) in [6, 6.07) is 11.9. The van der Waals surface area contributed by atoms with E-state index < -0.39 is 0 Å². The van der Waals surface area contributed by atoms with E-state index in [9.17, 15) is 4.91 Å². The first-order chi connectivity index (χ1) is 10.2. The largest absolute Gasteiger partial charge is 0.350 e. The second-order valence-corrected chi connectivity index (χ2v) is 5.40. The molecule has 4 heteroatoms. The standard InChI is InChI=1S/C17H13N3O/c1-9-7-13-14(8-10(9)2)19-17-15(18-13)11-5-3-4-6-12(11)16(17)20-21/h3-8,19H,1-2H3. The third-order valence-corrected chi connectivity index (χ3v) is 4.11. The van der Waals surface area contributed by atoms with E-state index in [0.717, 1.165) is 27.5 Å². The summed E-state index contributed by atoms with van der Waals surface area (Å²) in [6.07, 6.45) is 0. The third kappa shape index (κ3) is 1.59. The van der Waals surface area contributed by atoms with Gasteiger partial charge in [0.05, 0.1) is 22.4 Å². The Morgan fingerprint density at radius 1 is 1.05 bits per heavy atom. The summed E-state index contributed by atoms with van der Waals surface area (Å²) in [5.74, 6) is 0. The molecule has 0 bridgehead atoms. The SMILES string of the molecule is Cc1cc2nc3c4ccccc4c(N=O)c-3[nH]c2cc1C. The molecule has 1 aliphatic carbocycles. The molecule has 0 aromatic heterocycles. The third-order valence-electron chi connectivity index (χ3n) is 4.11. The maximum absolute atomic E-state index is 11.3. The molecule has 2 aromatic carbocycles. The number of hydrogen-bond acceptors (Lipinski definition) is 3. The number of fused-ring (bicyclic) bond motifs is 4. The molecule has 21 heavy (non-hydrogen) atoms. The van der Waals surface area contributed by atoms with Gasteiger partial charge in [0.25, 0.3) is 0 Å². The lowest BCUT2D eigenvalue weighted by Gasteiger charge is -2.07. The molecule has 4 nitrogen and oxygen atoms in total. The van der Waals surface area contributed by atoms with Crippen molar-refractivity contribution in [2.45, 2.75) is 13.8 Å². The molecule has 1 heterocycles. The monoisotopic (exact) mass is 275 g/mol. The molecule has 0 radical (unpaired) electrons. The van der Waals surface area contributed by atoms with Crippen LogP contribution >= 0.6 is 0 Å². The van der Waals surface area contributed by atoms with E-state index in [-0.39, 0.29) is 0 Å². The second-order valence-electron chi connectivity index (χ2n) is 5.40. The Balaban J connectivity index is 2.24. The average Bonchev–Trinajstić information content (AvgIpc) is 2.79. The molecule has 102 valence electrons. The molecular weight excluding hydrogens is 262 g/mol. The van der Waals surface area contributed by atoms with Gasteiger partial charge in [0.2, 0.25) is 0 Å². The first kappa shape index (κ1) is 12.0. The first-order valence-electron chi connectivity index (χ1n) is 6.84. The van der Waals surface area contributed by atoms with E-state index in [1.54, 1.807) is 0 Å². The van der Waals surface area contributed by atoms with Gasteiger partial charge in [0.15, 0.2) is 0 Å². The summed E-state index contributed by atoms with van der Waals surface area (Å²) in [7, 11) is 0. The summed E-state index contributed by atoms with van der Waals surface area (Å²) in [4.78, 5) is 19.3. The fourth-order valence-electron chi connectivity index (χ4n) is 2.86. The topological polar surface area (TPSA) is 58.1 Å². The number of nitrogens with zero attached hydrogens (tertiary/aromatic N) is 2. The van der Waals surface area contributed by atoms with E-state index in [1.165, 1.54) is 11.1 Å². The molecule has 0 amide bonds. The van der Waals surface area contributed by atoms with E-state index in [2.05, 4.69) is 36.1 Å². The molecule has 0 atom stereocenters. The molecule has 0 fully saturated rings. The molecule has 0 spiro atoms. The second kappa shape index (κ2) is 4.12. The first-order valence-corrected chi connectivity index (χ1v) is 6.84. The highest BCUT2D eigenvalue weighted by Crippen LogP contribution is 2.43. The Kier molecular flexibility index (Phi) is 2.36. The van der Waals surface area contributed by atoms with E-state index in [4.69, 9.17) is 4.98 Å². The number of H-pyrrole nitrogens is 1. The minimum absolute atomic E-state index is 0.438. The lowest BCUT2D eigenvalue weighted by atomic mass is 10.1. The van der Waals surface area contributed by atoms with Crippen LogP contribution in [0.3, 0.4) is 0 Å². The number of hydrogen-bond donors (Lipinski definition) is 1. The van der Waals surface area contributed by atoms with Crippen molar-refractivity contribution in [2.75, 3.05) is 0 Å². The Bertz CT molecular complexity index is 984. The van der Waals surface area contributed by atoms with Gasteiger partial charge in [-0.2, -0.15) is 0 Å². The summed E-state index contributed by atoms with van der Waals surface area (Å²) < 4.78 is 0. The van der Waals surface area contributed by atoms with Gasteiger partial charge in [0, 0.05) is 10.8 Å². The van der Waals surface area contributed by atoms with Gasteiger partial charge in [-0.15, -0.1) is 4.91 Å². The highest BCUT2D eigenvalue weighted by atomic mass is 16.3. The van der Waals surface area contributed by atoms with Crippen molar-refractivity contribution >= 4 is 27.5 Å². The van der Waals surface area contributed by atoms with Crippen molar-refractivity contribution in [1.82, 2.24) is 9.97 Å². The summed E-state index contributed by atoms with van der Waals surface area (Å²) in [5, 5.41) is 5.01. The highest BCUT2D eigenvalue weighted by molar-refractivity contribution is 6.11. The molecule has 4 rings (SSSR count). The lowest BCUT2D eigenvalue weighted by Crippen LogP contribution is -1.92. The lowest BCUT2D eigenvalue weighted by molar-refractivity contribution is 1.27. The van der Waals surface area contributed by atoms with Crippen LogP contribution in [0, 0.1) is 18.8 Å². The number of aromatic amines is 1. The zero-order valence-electron chi connectivity index (χ0n) is 11.8. The van der Waals surface area contributed by atoms with Gasteiger partial charge in [-0.25, -0.2) is 4.98 Å². The van der Waals surface area contributed by atoms with Crippen LogP contribution in [0.15, 0.2) is 41.6 Å². The number of aryl methyl sites for hydroxylation is 2. The zero-order chi connectivity index (χ0) is 14.6. The van der Waals surface area contributed by atoms with Crippen LogP contribution in [0.2, 0.25) is 0 Å². The number of aromatic nitrogens is 2. The maximum atomic E-state index is 11.3.